The molecule has 0 N–H and O–H groups in total. The molecule has 0 aliphatic carbocycles. The molecule has 0 bridgehead atoms. The van der Waals surface area contributed by atoms with Crippen LogP contribution in [0.3, 0.4) is 0 Å². The van der Waals surface area contributed by atoms with Gasteiger partial charge in [0.25, 0.3) is 0 Å². The third-order valence-corrected chi connectivity index (χ3v) is 3.92. The van der Waals surface area contributed by atoms with Gasteiger partial charge in [0, 0.05) is 21.2 Å². The number of hydrogen-bond donors (Lipinski definition) is 0. The van der Waals surface area contributed by atoms with Crippen LogP contribution in [-0.2, 0) is 0 Å². The normalized spacial score (nSPS) is 10.4. The van der Waals surface area contributed by atoms with Gasteiger partial charge in [-0.25, -0.2) is 4.98 Å². The Kier molecular flexibility index (Phi) is 3.09. The van der Waals surface area contributed by atoms with Crippen molar-refractivity contribution in [3.05, 3.63) is 57.9 Å². The molecule has 0 fully saturated rings. The van der Waals surface area contributed by atoms with E-state index in [1.807, 2.05) is 36.4 Å². The monoisotopic (exact) mass is 286 g/mol. The van der Waals surface area contributed by atoms with Crippen LogP contribution in [0, 0.1) is 0 Å². The maximum absolute atomic E-state index is 8.59. The molecular weight excluding hydrogens is 280 g/mol. The van der Waals surface area contributed by atoms with Crippen LogP contribution < -0.4 is 0 Å². The van der Waals surface area contributed by atoms with Crippen molar-refractivity contribution in [3.63, 3.8) is 0 Å². The van der Waals surface area contributed by atoms with Gasteiger partial charge in [0.1, 0.15) is 5.01 Å². The Hall–Kier alpha value is -2.07. The molecule has 0 atom stereocenters. The fraction of sp³-hybridized carbons (Fsp3) is 0. The minimum Gasteiger partial charge on any atom is -0.236 e. The van der Waals surface area contributed by atoms with Crippen molar-refractivity contribution >= 4 is 38.8 Å². The molecule has 0 saturated heterocycles. The summed E-state index contributed by atoms with van der Waals surface area (Å²) < 4.78 is 1.01. The summed E-state index contributed by atoms with van der Waals surface area (Å²) >= 11 is 7.49. The average Bonchev–Trinajstić information content (AvgIpc) is 2.82. The number of nitrogens with zero attached hydrogens (tertiary/aromatic N) is 4. The van der Waals surface area contributed by atoms with Crippen molar-refractivity contribution in [2.75, 3.05) is 0 Å². The van der Waals surface area contributed by atoms with E-state index >= 15 is 0 Å². The summed E-state index contributed by atoms with van der Waals surface area (Å²) in [7, 11) is 0. The summed E-state index contributed by atoms with van der Waals surface area (Å²) in [5.74, 6) is 0. The molecule has 6 heteroatoms. The van der Waals surface area contributed by atoms with Gasteiger partial charge in [0.15, 0.2) is 0 Å². The number of aromatic nitrogens is 1. The third-order valence-electron chi connectivity index (χ3n) is 2.64. The van der Waals surface area contributed by atoms with Crippen LogP contribution in [0.2, 0.25) is 5.02 Å². The Balaban J connectivity index is 2.21. The highest BCUT2D eigenvalue weighted by atomic mass is 35.5. The van der Waals surface area contributed by atoms with Gasteiger partial charge in [-0.3, -0.25) is 0 Å². The Morgan fingerprint density at radius 1 is 1.21 bits per heavy atom. The molecule has 0 amide bonds. The van der Waals surface area contributed by atoms with E-state index in [0.717, 1.165) is 20.8 Å². The first-order valence-corrected chi connectivity index (χ1v) is 6.68. The maximum Gasteiger partial charge on any atom is 0.125 e. The van der Waals surface area contributed by atoms with Crippen molar-refractivity contribution in [1.29, 1.82) is 0 Å². The van der Waals surface area contributed by atoms with Gasteiger partial charge in [0.05, 0.1) is 10.2 Å². The zero-order valence-corrected chi connectivity index (χ0v) is 11.2. The summed E-state index contributed by atoms with van der Waals surface area (Å²) in [4.78, 5) is 7.38. The highest BCUT2D eigenvalue weighted by molar-refractivity contribution is 7.21. The second-order valence-electron chi connectivity index (χ2n) is 3.84. The predicted molar refractivity (Wildman–Crippen MR) is 78.9 cm³/mol. The zero-order chi connectivity index (χ0) is 13.2. The molecular formula is C13H7ClN4S. The molecule has 19 heavy (non-hydrogen) atoms. The van der Waals surface area contributed by atoms with Crippen molar-refractivity contribution in [1.82, 2.24) is 4.98 Å². The lowest BCUT2D eigenvalue weighted by Crippen LogP contribution is -1.76. The fourth-order valence-electron chi connectivity index (χ4n) is 1.80. The molecule has 0 unspecified atom stereocenters. The van der Waals surface area contributed by atoms with Crippen LogP contribution in [0.1, 0.15) is 0 Å². The van der Waals surface area contributed by atoms with Crippen molar-refractivity contribution < 1.29 is 0 Å². The lowest BCUT2D eigenvalue weighted by atomic mass is 10.2. The number of azide groups is 1. The molecule has 4 nitrogen and oxygen atoms in total. The number of fused-ring (bicyclic) bond motifs is 1. The lowest BCUT2D eigenvalue weighted by Gasteiger charge is -1.99. The van der Waals surface area contributed by atoms with E-state index < -0.39 is 0 Å². The van der Waals surface area contributed by atoms with Crippen LogP contribution in [0.4, 0.5) is 5.69 Å². The lowest BCUT2D eigenvalue weighted by molar-refractivity contribution is 1.43. The highest BCUT2D eigenvalue weighted by Crippen LogP contribution is 2.36. The summed E-state index contributed by atoms with van der Waals surface area (Å²) in [5.41, 5.74) is 10.9. The van der Waals surface area contributed by atoms with Crippen LogP contribution in [0.25, 0.3) is 31.2 Å². The van der Waals surface area contributed by atoms with E-state index in [2.05, 4.69) is 15.0 Å². The van der Waals surface area contributed by atoms with Gasteiger partial charge in [-0.1, -0.05) is 41.0 Å². The first-order valence-electron chi connectivity index (χ1n) is 5.48. The van der Waals surface area contributed by atoms with Crippen LogP contribution in [0.15, 0.2) is 47.6 Å². The minimum absolute atomic E-state index is 0.579. The van der Waals surface area contributed by atoms with Gasteiger partial charge in [0.2, 0.25) is 0 Å². The summed E-state index contributed by atoms with van der Waals surface area (Å²) in [5, 5.41) is 5.20. The smallest absolute Gasteiger partial charge is 0.125 e. The van der Waals surface area contributed by atoms with Gasteiger partial charge in [-0.05, 0) is 23.7 Å². The van der Waals surface area contributed by atoms with E-state index in [-0.39, 0.29) is 0 Å². The van der Waals surface area contributed by atoms with Gasteiger partial charge in [-0.2, -0.15) is 0 Å². The third kappa shape index (κ3) is 2.27. The Bertz CT molecular complexity index is 805. The first-order chi connectivity index (χ1) is 9.28. The SMILES string of the molecule is [N-]=[N+]=Nc1ccccc1-c1nc2ccc(Cl)cc2s1. The van der Waals surface area contributed by atoms with E-state index in [9.17, 15) is 0 Å². The van der Waals surface area contributed by atoms with Crippen LogP contribution in [0.5, 0.6) is 0 Å². The summed E-state index contributed by atoms with van der Waals surface area (Å²) in [6.07, 6.45) is 0. The molecule has 3 aromatic rings. The number of halogens is 1. The number of hydrogen-bond acceptors (Lipinski definition) is 3. The first kappa shape index (κ1) is 12.0. The van der Waals surface area contributed by atoms with Crippen LogP contribution >= 0.6 is 22.9 Å². The molecule has 0 aliphatic rings. The van der Waals surface area contributed by atoms with Crippen LogP contribution in [-0.4, -0.2) is 4.98 Å². The molecule has 0 saturated carbocycles. The molecule has 3 rings (SSSR count). The number of thiazole rings is 1. The molecule has 2 aromatic carbocycles. The Morgan fingerprint density at radius 2 is 2.05 bits per heavy atom. The minimum atomic E-state index is 0.579. The standard InChI is InChI=1S/C13H7ClN4S/c14-8-5-6-11-12(7-8)19-13(16-11)9-3-1-2-4-10(9)17-18-15/h1-7H. The largest absolute Gasteiger partial charge is 0.236 e. The average molecular weight is 287 g/mol. The van der Waals surface area contributed by atoms with E-state index in [1.165, 1.54) is 11.3 Å². The topological polar surface area (TPSA) is 61.7 Å². The number of benzene rings is 2. The van der Waals surface area contributed by atoms with E-state index in [1.54, 1.807) is 6.07 Å². The van der Waals surface area contributed by atoms with Crippen molar-refractivity contribution in [2.24, 2.45) is 5.11 Å². The summed E-state index contributed by atoms with van der Waals surface area (Å²) in [6.45, 7) is 0. The predicted octanol–water partition coefficient (Wildman–Crippen LogP) is 5.56. The molecule has 1 heterocycles. The number of rotatable bonds is 2. The zero-order valence-electron chi connectivity index (χ0n) is 9.62. The van der Waals surface area contributed by atoms with Crippen molar-refractivity contribution in [2.45, 2.75) is 0 Å². The molecule has 1 aromatic heterocycles. The van der Waals surface area contributed by atoms with Gasteiger partial charge >= 0.3 is 0 Å². The second kappa shape index (κ2) is 4.90. The molecule has 0 spiro atoms. The van der Waals surface area contributed by atoms with Gasteiger partial charge < -0.3 is 0 Å². The van der Waals surface area contributed by atoms with Gasteiger partial charge in [-0.15, -0.1) is 11.3 Å². The second-order valence-corrected chi connectivity index (χ2v) is 5.30. The maximum atomic E-state index is 8.59. The Labute approximate surface area is 117 Å². The molecule has 0 radical (unpaired) electrons. The fourth-order valence-corrected chi connectivity index (χ4v) is 3.08. The highest BCUT2D eigenvalue weighted by Gasteiger charge is 2.09. The van der Waals surface area contributed by atoms with E-state index in [4.69, 9.17) is 17.1 Å². The van der Waals surface area contributed by atoms with Crippen molar-refractivity contribution in [3.8, 4) is 10.6 Å². The quantitative estimate of drug-likeness (QED) is 0.345. The molecule has 92 valence electrons. The molecule has 0 aliphatic heterocycles. The Morgan fingerprint density at radius 3 is 2.89 bits per heavy atom. The van der Waals surface area contributed by atoms with E-state index in [0.29, 0.717) is 10.7 Å². The summed E-state index contributed by atoms with van der Waals surface area (Å²) in [6, 6.07) is 13.0.